The average Bonchev–Trinajstić information content (AvgIpc) is 1.53. The van der Waals surface area contributed by atoms with Gasteiger partial charge in [0.1, 0.15) is 17.5 Å². The van der Waals surface area contributed by atoms with Gasteiger partial charge in [-0.25, -0.2) is 15.0 Å². The molecule has 0 N–H and O–H groups in total. The summed E-state index contributed by atoms with van der Waals surface area (Å²) in [5.74, 6) is 7.42. The molecule has 21 aromatic rings. The fourth-order valence-corrected chi connectivity index (χ4v) is 20.2. The van der Waals surface area contributed by atoms with E-state index >= 15 is 0 Å². The molecule has 0 spiro atoms. The molecule has 1 atom stereocenters. The molecule has 0 saturated heterocycles. The number of fused-ring (bicyclic) bond motifs is 9. The number of para-hydroxylation sites is 3. The first-order chi connectivity index (χ1) is 66.8. The summed E-state index contributed by atoms with van der Waals surface area (Å²) in [5.41, 5.74) is 27.3. The van der Waals surface area contributed by atoms with Crippen LogP contribution in [0.2, 0.25) is 0 Å². The van der Waals surface area contributed by atoms with Crippen molar-refractivity contribution in [2.45, 2.75) is 142 Å². The van der Waals surface area contributed by atoms with Crippen LogP contribution in [0, 0.1) is 83.9 Å². The van der Waals surface area contributed by atoms with Gasteiger partial charge in [0, 0.05) is 120 Å². The van der Waals surface area contributed by atoms with Gasteiger partial charge in [0.15, 0.2) is 0 Å². The zero-order valence-corrected chi connectivity index (χ0v) is 89.8. The standard InChI is InChI=1S/2C40H36N4OS.C39H34N4OS.3Pt/c1-26(2)13-14-29-19-27(3)40(28(4)20-29)30-24-42-43(25-30)31-9-8-10-32(21-31)45-33-15-16-36-35-11-6-7-12-37(35)44(38(36)22-33)39-23-34(46-5)17-18-41-39;1-6-10-26(2)29-19-27(3)40(28(4)20-29)30-24-42-43(25-30)31-11-9-12-32(21-31)45-33-15-16-36-35-13-7-8-14-37(35)44(38(36)22-33)39-23-34(46-5)17-18-41-39;1-5-6-10-28-19-26(2)39(27(3)20-28)29-24-41-42(25-29)30-11-9-12-31(21-30)44-32-15-16-35-34-13-7-8-14-36(34)43(37(35)22-32)38-23-33(45-4)17-18-40-38;;;/h6-12,15-20,23-26H,13-14H2,1-5H3;7-9,11-20,23-26H,6,10H2,1-5H3;7-9,11-20,23-25H,5-6,10H2,1-4H3;;;/q3*-2;3*+2. The van der Waals surface area contributed by atoms with Crippen LogP contribution < -0.4 is 14.2 Å². The van der Waals surface area contributed by atoms with Crippen LogP contribution in [0.25, 0.3) is 133 Å². The van der Waals surface area contributed by atoms with E-state index in [0.717, 1.165) is 144 Å². The van der Waals surface area contributed by atoms with Crippen molar-refractivity contribution in [3.63, 3.8) is 0 Å². The van der Waals surface area contributed by atoms with Crippen molar-refractivity contribution in [2.75, 3.05) is 18.8 Å². The number of nitrogens with zero attached hydrogens (tertiary/aromatic N) is 12. The summed E-state index contributed by atoms with van der Waals surface area (Å²) in [6, 6.07) is 102. The summed E-state index contributed by atoms with van der Waals surface area (Å²) in [7, 11) is 0. The van der Waals surface area contributed by atoms with Crippen LogP contribution in [-0.2, 0) is 76.0 Å². The van der Waals surface area contributed by atoms with Crippen molar-refractivity contribution in [2.24, 2.45) is 5.92 Å². The van der Waals surface area contributed by atoms with Gasteiger partial charge in [-0.05, 0) is 259 Å². The number of rotatable bonds is 27. The van der Waals surface area contributed by atoms with Crippen molar-refractivity contribution in [1.29, 1.82) is 0 Å². The SMILES string of the molecule is CCCC(C)c1cc(C)c(-c2cnn(-c3[c-]c(Oc4[c-]c5c(cc4)c4ccccc4n5-c4cc(SC)ccn4)ccc3)c2)c(C)c1.CCCCc1cc(C)c(-c2cnn(-c3[c-]c(Oc4[c-]c5c(cc4)c4ccccc4n5-c4cc(SC)ccn4)ccc3)c2)c(C)c1.CSc1ccnc(-n2c3[c-]c(Oc4[c-]c(-n5cc(-c6c(C)cc(CCC(C)C)cc6C)cn5)ccc4)ccc3c3ccccc32)c1.[Pt+2].[Pt+2].[Pt+2]. The minimum atomic E-state index is 0. The van der Waals surface area contributed by atoms with Crippen molar-refractivity contribution in [3.05, 3.63) is 379 Å². The second kappa shape index (κ2) is 45.1. The number of hydrogen-bond acceptors (Lipinski definition) is 12. The smallest absolute Gasteiger partial charge is 0.509 e. The van der Waals surface area contributed by atoms with Gasteiger partial charge >= 0.3 is 63.2 Å². The number of thioether (sulfide) groups is 3. The van der Waals surface area contributed by atoms with E-state index < -0.39 is 0 Å². The minimum absolute atomic E-state index is 0. The predicted molar refractivity (Wildman–Crippen MR) is 565 cm³/mol. The third kappa shape index (κ3) is 21.6. The molecular weight excluding hydrogens is 2330 g/mol. The number of hydrogen-bond donors (Lipinski definition) is 0. The molecule has 21 heteroatoms. The van der Waals surface area contributed by atoms with Gasteiger partial charge in [-0.15, -0.1) is 142 Å². The molecule has 0 fully saturated rings. The third-order valence-corrected chi connectivity index (χ3v) is 27.5. The molecule has 21 rings (SSSR count). The molecule has 12 aromatic carbocycles. The Labute approximate surface area is 875 Å². The molecule has 708 valence electrons. The molecule has 0 aliphatic carbocycles. The van der Waals surface area contributed by atoms with Crippen molar-refractivity contribution in [3.8, 4) is 102 Å². The van der Waals surface area contributed by atoms with Crippen molar-refractivity contribution < 1.29 is 77.4 Å². The normalized spacial score (nSPS) is 11.5. The zero-order chi connectivity index (χ0) is 94.5. The van der Waals surface area contributed by atoms with E-state index in [1.165, 1.54) is 98.9 Å². The van der Waals surface area contributed by atoms with Crippen LogP contribution in [0.3, 0.4) is 0 Å². The molecule has 0 radical (unpaired) electrons. The number of benzene rings is 12. The van der Waals surface area contributed by atoms with Gasteiger partial charge in [0.2, 0.25) is 0 Å². The van der Waals surface area contributed by atoms with Crippen LogP contribution in [0.1, 0.15) is 123 Å². The Kier molecular flexibility index (Phi) is 32.4. The Balaban J connectivity index is 0.000000150. The molecule has 140 heavy (non-hydrogen) atoms. The van der Waals surface area contributed by atoms with Gasteiger partial charge < -0.3 is 27.9 Å². The molecule has 0 bridgehead atoms. The monoisotopic (exact) mass is 2430 g/mol. The fraction of sp³-hybridized carbons (Fsp3) is 0.193. The van der Waals surface area contributed by atoms with Gasteiger partial charge in [-0.3, -0.25) is 14.0 Å². The Morgan fingerprint density at radius 2 is 0.650 bits per heavy atom. The van der Waals surface area contributed by atoms with E-state index in [-0.39, 0.29) is 63.2 Å². The number of aryl methyl sites for hydroxylation is 8. The van der Waals surface area contributed by atoms with E-state index in [9.17, 15) is 0 Å². The van der Waals surface area contributed by atoms with E-state index in [1.54, 1.807) is 35.3 Å². The molecule has 15 nitrogen and oxygen atoms in total. The fourth-order valence-electron chi connectivity index (χ4n) is 18.9. The van der Waals surface area contributed by atoms with Crippen molar-refractivity contribution in [1.82, 2.24) is 58.0 Å². The van der Waals surface area contributed by atoms with Gasteiger partial charge in [-0.1, -0.05) is 155 Å². The molecule has 9 aromatic heterocycles. The predicted octanol–water partition coefficient (Wildman–Crippen LogP) is 31.1. The summed E-state index contributed by atoms with van der Waals surface area (Å²) in [4.78, 5) is 17.6. The summed E-state index contributed by atoms with van der Waals surface area (Å²) < 4.78 is 31.2. The Morgan fingerprint density at radius 3 is 0.971 bits per heavy atom. The van der Waals surface area contributed by atoms with Crippen LogP contribution in [0.4, 0.5) is 0 Å². The number of pyridine rings is 3. The van der Waals surface area contributed by atoms with E-state index in [4.69, 9.17) is 44.5 Å². The summed E-state index contributed by atoms with van der Waals surface area (Å²) in [6.07, 6.45) is 32.0. The largest absolute Gasteiger partial charge is 2.00 e. The maximum atomic E-state index is 6.38. The van der Waals surface area contributed by atoms with E-state index in [1.807, 2.05) is 142 Å². The summed E-state index contributed by atoms with van der Waals surface area (Å²) in [5, 5.41) is 20.9. The minimum Gasteiger partial charge on any atom is -0.509 e. The summed E-state index contributed by atoms with van der Waals surface area (Å²) in [6.45, 7) is 24.5. The average molecular weight is 2430 g/mol. The first-order valence-corrected chi connectivity index (χ1v) is 50.5. The van der Waals surface area contributed by atoms with Crippen LogP contribution in [0.15, 0.2) is 307 Å². The zero-order valence-electron chi connectivity index (χ0n) is 80.6. The number of aromatic nitrogens is 12. The maximum Gasteiger partial charge on any atom is 2.00 e. The third-order valence-electron chi connectivity index (χ3n) is 25.3. The molecule has 0 aliphatic rings. The molecule has 0 saturated carbocycles. The van der Waals surface area contributed by atoms with E-state index in [0.29, 0.717) is 46.3 Å². The Morgan fingerprint density at radius 1 is 0.329 bits per heavy atom. The number of ether oxygens (including phenoxy) is 3. The molecule has 0 aliphatic heterocycles. The van der Waals surface area contributed by atoms with Crippen LogP contribution >= 0.6 is 35.3 Å². The second-order valence-corrected chi connectivity index (χ2v) is 38.1. The topological polar surface area (TPSA) is 135 Å². The summed E-state index contributed by atoms with van der Waals surface area (Å²) >= 11 is 5.10. The molecule has 9 heterocycles. The molecular formula is C119H106N12O3Pt3S3. The quantitative estimate of drug-likeness (QED) is 0.0358. The molecule has 0 amide bonds. The first-order valence-electron chi connectivity index (χ1n) is 46.8. The molecule has 1 unspecified atom stereocenters. The van der Waals surface area contributed by atoms with Gasteiger partial charge in [0.05, 0.1) is 18.6 Å². The maximum absolute atomic E-state index is 6.38. The second-order valence-electron chi connectivity index (χ2n) is 35.5. The Hall–Kier alpha value is -12.4. The van der Waals surface area contributed by atoms with Gasteiger partial charge in [0.25, 0.3) is 0 Å². The van der Waals surface area contributed by atoms with E-state index in [2.05, 4.69) is 309 Å². The first kappa shape index (κ1) is 101. The van der Waals surface area contributed by atoms with Crippen LogP contribution in [-0.4, -0.2) is 76.8 Å². The van der Waals surface area contributed by atoms with Crippen LogP contribution in [0.5, 0.6) is 34.5 Å². The van der Waals surface area contributed by atoms with Crippen molar-refractivity contribution >= 4 is 101 Å². The number of unbranched alkanes of at least 4 members (excludes halogenated alkanes) is 1. The van der Waals surface area contributed by atoms with Gasteiger partial charge in [-0.2, -0.15) is 51.7 Å². The Bertz CT molecular complexity index is 7980.